The molecule has 138 valence electrons. The molecule has 0 radical (unpaired) electrons. The lowest BCUT2D eigenvalue weighted by Gasteiger charge is -2.43. The fourth-order valence-electron chi connectivity index (χ4n) is 5.33. The number of rotatable bonds is 3. The van der Waals surface area contributed by atoms with Crippen LogP contribution in [0.2, 0.25) is 0 Å². The average Bonchev–Trinajstić information content (AvgIpc) is 2.96. The normalized spacial score (nSPS) is 37.3. The van der Waals surface area contributed by atoms with Gasteiger partial charge in [-0.25, -0.2) is 4.79 Å². The standard InChI is InChI=1S/C21H26N2O3/c1-13(2)14-4-3-5-16(6-14)21-9-17(21)10-23(11-21)18(24)15-7-20(8-15)12-26-19(25)22-20/h3-6,13,15,17H,7-12H2,1-2H3,(H,22,25)/t15-,17-,20+,21+/m1/s1. The van der Waals surface area contributed by atoms with Crippen molar-refractivity contribution in [1.29, 1.82) is 0 Å². The third kappa shape index (κ3) is 2.29. The summed E-state index contributed by atoms with van der Waals surface area (Å²) < 4.78 is 5.02. The molecule has 2 amide bonds. The van der Waals surface area contributed by atoms with Gasteiger partial charge in [0.2, 0.25) is 5.91 Å². The van der Waals surface area contributed by atoms with Crippen LogP contribution in [0.4, 0.5) is 4.79 Å². The van der Waals surface area contributed by atoms with E-state index in [1.165, 1.54) is 17.5 Å². The van der Waals surface area contributed by atoms with E-state index in [1.807, 2.05) is 0 Å². The molecule has 5 heteroatoms. The van der Waals surface area contributed by atoms with Gasteiger partial charge < -0.3 is 15.0 Å². The fraction of sp³-hybridized carbons (Fsp3) is 0.619. The number of nitrogens with one attached hydrogen (secondary N) is 1. The van der Waals surface area contributed by atoms with Crippen molar-refractivity contribution >= 4 is 12.0 Å². The Labute approximate surface area is 154 Å². The van der Waals surface area contributed by atoms with Gasteiger partial charge in [-0.05, 0) is 42.2 Å². The summed E-state index contributed by atoms with van der Waals surface area (Å²) >= 11 is 0. The number of cyclic esters (lactones) is 1. The minimum atomic E-state index is -0.345. The van der Waals surface area contributed by atoms with Gasteiger partial charge in [-0.1, -0.05) is 38.1 Å². The van der Waals surface area contributed by atoms with E-state index >= 15 is 0 Å². The maximum absolute atomic E-state index is 12.9. The highest BCUT2D eigenvalue weighted by molar-refractivity contribution is 5.82. The number of carbonyl (C=O) groups excluding carboxylic acids is 2. The van der Waals surface area contributed by atoms with Crippen LogP contribution in [-0.2, 0) is 14.9 Å². The molecule has 1 aromatic carbocycles. The van der Waals surface area contributed by atoms with Crippen molar-refractivity contribution in [2.24, 2.45) is 11.8 Å². The number of ether oxygens (including phenoxy) is 1. The lowest BCUT2D eigenvalue weighted by Crippen LogP contribution is -2.58. The fourth-order valence-corrected chi connectivity index (χ4v) is 5.33. The Morgan fingerprint density at radius 2 is 2.12 bits per heavy atom. The van der Waals surface area contributed by atoms with E-state index in [2.05, 4.69) is 48.3 Å². The molecule has 5 rings (SSSR count). The van der Waals surface area contributed by atoms with Crippen molar-refractivity contribution in [3.8, 4) is 0 Å². The Morgan fingerprint density at radius 1 is 1.31 bits per heavy atom. The largest absolute Gasteiger partial charge is 0.447 e. The molecule has 5 nitrogen and oxygen atoms in total. The molecule has 2 aliphatic heterocycles. The van der Waals surface area contributed by atoms with Crippen molar-refractivity contribution < 1.29 is 14.3 Å². The van der Waals surface area contributed by atoms with Crippen molar-refractivity contribution in [2.75, 3.05) is 19.7 Å². The smallest absolute Gasteiger partial charge is 0.407 e. The number of nitrogens with zero attached hydrogens (tertiary/aromatic N) is 1. The minimum absolute atomic E-state index is 0.0357. The van der Waals surface area contributed by atoms with Crippen LogP contribution in [0.3, 0.4) is 0 Å². The van der Waals surface area contributed by atoms with Crippen LogP contribution >= 0.6 is 0 Å². The summed E-state index contributed by atoms with van der Waals surface area (Å²) in [7, 11) is 0. The van der Waals surface area contributed by atoms with Gasteiger partial charge in [-0.2, -0.15) is 0 Å². The Bertz CT molecular complexity index is 783. The van der Waals surface area contributed by atoms with E-state index in [0.29, 0.717) is 31.3 Å². The molecule has 2 heterocycles. The Balaban J connectivity index is 1.26. The average molecular weight is 354 g/mol. The monoisotopic (exact) mass is 354 g/mol. The van der Waals surface area contributed by atoms with Gasteiger partial charge in [0.25, 0.3) is 0 Å². The molecule has 2 saturated carbocycles. The van der Waals surface area contributed by atoms with E-state index in [9.17, 15) is 9.59 Å². The second kappa shape index (κ2) is 5.24. The maximum Gasteiger partial charge on any atom is 0.407 e. The third-order valence-electron chi connectivity index (χ3n) is 7.06. The van der Waals surface area contributed by atoms with Gasteiger partial charge in [0.1, 0.15) is 6.61 Å². The van der Waals surface area contributed by atoms with Crippen molar-refractivity contribution in [3.05, 3.63) is 35.4 Å². The molecule has 4 aliphatic rings. The zero-order valence-electron chi connectivity index (χ0n) is 15.5. The highest BCUT2D eigenvalue weighted by atomic mass is 16.6. The number of benzene rings is 1. The van der Waals surface area contributed by atoms with Crippen LogP contribution in [-0.4, -0.2) is 42.1 Å². The number of likely N-dealkylation sites (tertiary alicyclic amines) is 1. The topological polar surface area (TPSA) is 58.6 Å². The van der Waals surface area contributed by atoms with Crippen molar-refractivity contribution in [3.63, 3.8) is 0 Å². The number of hydrogen-bond donors (Lipinski definition) is 1. The van der Waals surface area contributed by atoms with Crippen molar-refractivity contribution in [2.45, 2.75) is 50.0 Å². The maximum atomic E-state index is 12.9. The van der Waals surface area contributed by atoms with Crippen LogP contribution in [0.15, 0.2) is 24.3 Å². The SMILES string of the molecule is CC(C)c1cccc([C@@]23C[C@@H]2CN(C(=O)[C@H]2C[C@]4(COC(=O)N4)C2)C3)c1. The van der Waals surface area contributed by atoms with Crippen LogP contribution in [0.25, 0.3) is 0 Å². The van der Waals surface area contributed by atoms with E-state index < -0.39 is 0 Å². The molecule has 26 heavy (non-hydrogen) atoms. The first-order valence-corrected chi connectivity index (χ1v) is 9.75. The van der Waals surface area contributed by atoms with Crippen LogP contribution < -0.4 is 5.32 Å². The summed E-state index contributed by atoms with van der Waals surface area (Å²) in [6.07, 6.45) is 2.29. The van der Waals surface area contributed by atoms with Crippen LogP contribution in [0.5, 0.6) is 0 Å². The molecule has 0 bridgehead atoms. The second-order valence-corrected chi connectivity index (χ2v) is 9.14. The molecule has 0 unspecified atom stereocenters. The van der Waals surface area contributed by atoms with Gasteiger partial charge in [0, 0.05) is 24.4 Å². The summed E-state index contributed by atoms with van der Waals surface area (Å²) in [5.74, 6) is 1.44. The lowest BCUT2D eigenvalue weighted by atomic mass is 9.68. The Morgan fingerprint density at radius 3 is 2.81 bits per heavy atom. The summed E-state index contributed by atoms with van der Waals surface area (Å²) in [5, 5.41) is 2.88. The zero-order chi connectivity index (χ0) is 18.1. The first kappa shape index (κ1) is 16.2. The molecule has 2 saturated heterocycles. The number of piperidine rings is 1. The quantitative estimate of drug-likeness (QED) is 0.908. The molecule has 2 atom stereocenters. The summed E-state index contributed by atoms with van der Waals surface area (Å²) in [6, 6.07) is 8.95. The van der Waals surface area contributed by atoms with E-state index in [4.69, 9.17) is 4.74 Å². The lowest BCUT2D eigenvalue weighted by molar-refractivity contribution is -0.140. The molecule has 1 aromatic rings. The summed E-state index contributed by atoms with van der Waals surface area (Å²) in [6.45, 7) is 6.60. The van der Waals surface area contributed by atoms with Gasteiger partial charge in [-0.3, -0.25) is 4.79 Å². The molecule has 1 N–H and O–H groups in total. The molecule has 2 aliphatic carbocycles. The van der Waals surface area contributed by atoms with E-state index in [0.717, 1.165) is 13.1 Å². The number of hydrogen-bond acceptors (Lipinski definition) is 3. The molecule has 4 fully saturated rings. The highest BCUT2D eigenvalue weighted by Gasteiger charge is 2.63. The van der Waals surface area contributed by atoms with Gasteiger partial charge >= 0.3 is 6.09 Å². The Hall–Kier alpha value is -2.04. The van der Waals surface area contributed by atoms with Gasteiger partial charge in [-0.15, -0.1) is 0 Å². The molecular formula is C21H26N2O3. The van der Waals surface area contributed by atoms with Gasteiger partial charge in [0.15, 0.2) is 0 Å². The predicted octanol–water partition coefficient (Wildman–Crippen LogP) is 2.80. The number of carbonyl (C=O) groups is 2. The number of fused-ring (bicyclic) bond motifs is 1. The summed E-state index contributed by atoms with van der Waals surface area (Å²) in [4.78, 5) is 26.3. The first-order valence-electron chi connectivity index (χ1n) is 9.75. The van der Waals surface area contributed by atoms with Gasteiger partial charge in [0.05, 0.1) is 5.54 Å². The number of alkyl carbamates (subject to hydrolysis) is 1. The van der Waals surface area contributed by atoms with Crippen LogP contribution in [0, 0.1) is 11.8 Å². The Kier molecular flexibility index (Phi) is 3.26. The highest BCUT2D eigenvalue weighted by Crippen LogP contribution is 2.59. The number of amides is 2. The van der Waals surface area contributed by atoms with Crippen molar-refractivity contribution in [1.82, 2.24) is 10.2 Å². The zero-order valence-corrected chi connectivity index (χ0v) is 15.5. The molecular weight excluding hydrogens is 328 g/mol. The van der Waals surface area contributed by atoms with Crippen LogP contribution in [0.1, 0.15) is 50.2 Å². The second-order valence-electron chi connectivity index (χ2n) is 9.14. The molecule has 0 aromatic heterocycles. The summed E-state index contributed by atoms with van der Waals surface area (Å²) in [5.41, 5.74) is 2.70. The minimum Gasteiger partial charge on any atom is -0.447 e. The van der Waals surface area contributed by atoms with E-state index in [-0.39, 0.29) is 28.9 Å². The first-order chi connectivity index (χ1) is 12.4. The van der Waals surface area contributed by atoms with E-state index in [1.54, 1.807) is 0 Å². The molecule has 1 spiro atoms. The third-order valence-corrected chi connectivity index (χ3v) is 7.06. The predicted molar refractivity (Wildman–Crippen MR) is 96.8 cm³/mol.